The summed E-state index contributed by atoms with van der Waals surface area (Å²) in [5.41, 5.74) is 8.85. The van der Waals surface area contributed by atoms with Crippen LogP contribution in [-0.2, 0) is 16.0 Å². The molecule has 0 radical (unpaired) electrons. The van der Waals surface area contributed by atoms with Crippen molar-refractivity contribution in [3.8, 4) is 5.69 Å². The number of likely N-dealkylation sites (tertiary alicyclic amines) is 1. The summed E-state index contributed by atoms with van der Waals surface area (Å²) in [7, 11) is 0. The van der Waals surface area contributed by atoms with E-state index in [-0.39, 0.29) is 23.7 Å². The maximum atomic E-state index is 13.5. The highest BCUT2D eigenvalue weighted by Gasteiger charge is 2.55. The molecule has 4 aromatic rings. The molecule has 1 unspecified atom stereocenters. The fraction of sp³-hybridized carbons (Fsp3) is 0.296. The summed E-state index contributed by atoms with van der Waals surface area (Å²) in [5, 5.41) is 11.4. The van der Waals surface area contributed by atoms with E-state index < -0.39 is 18.0 Å². The molecule has 3 heterocycles. The molecule has 1 saturated heterocycles. The van der Waals surface area contributed by atoms with Crippen molar-refractivity contribution >= 4 is 28.6 Å². The van der Waals surface area contributed by atoms with Crippen LogP contribution >= 0.6 is 0 Å². The minimum absolute atomic E-state index is 0.0147. The Balaban J connectivity index is 1.20. The second kappa shape index (κ2) is 8.88. The highest BCUT2D eigenvalue weighted by Crippen LogP contribution is 2.55. The number of para-hydroxylation sites is 1. The summed E-state index contributed by atoms with van der Waals surface area (Å²) in [6, 6.07) is 13.3. The quantitative estimate of drug-likeness (QED) is 0.358. The number of carbonyl (C=O) groups excluding carboxylic acids is 3. The largest absolute Gasteiger partial charge is 0.368 e. The van der Waals surface area contributed by atoms with Crippen molar-refractivity contribution in [2.75, 3.05) is 6.54 Å². The first kappa shape index (κ1) is 23.0. The van der Waals surface area contributed by atoms with Gasteiger partial charge in [-0.3, -0.25) is 19.0 Å². The molecular weight excluding hydrogens is 470 g/mol. The summed E-state index contributed by atoms with van der Waals surface area (Å²) in [5.74, 6) is -1.16. The Kier molecular flexibility index (Phi) is 5.51. The number of nitrogens with two attached hydrogens (primary N) is 1. The van der Waals surface area contributed by atoms with Crippen molar-refractivity contribution < 1.29 is 14.4 Å². The summed E-state index contributed by atoms with van der Waals surface area (Å²) < 4.78 is 1.75. The molecular formula is C27H27N7O3. The van der Waals surface area contributed by atoms with Gasteiger partial charge in [0.25, 0.3) is 5.91 Å². The minimum Gasteiger partial charge on any atom is -0.368 e. The van der Waals surface area contributed by atoms with E-state index in [4.69, 9.17) is 5.73 Å². The lowest BCUT2D eigenvalue weighted by atomic mass is 10.0. The van der Waals surface area contributed by atoms with Crippen LogP contribution in [-0.4, -0.2) is 61.0 Å². The number of benzene rings is 2. The molecule has 0 bridgehead atoms. The normalized spacial score (nSPS) is 18.7. The predicted molar refractivity (Wildman–Crippen MR) is 136 cm³/mol. The van der Waals surface area contributed by atoms with Crippen LogP contribution in [0.4, 0.5) is 0 Å². The van der Waals surface area contributed by atoms with Gasteiger partial charge in [0.15, 0.2) is 0 Å². The number of fused-ring (bicyclic) bond motifs is 1. The highest BCUT2D eigenvalue weighted by atomic mass is 16.2. The van der Waals surface area contributed by atoms with Crippen molar-refractivity contribution in [2.45, 2.75) is 37.8 Å². The molecule has 2 aromatic heterocycles. The number of nitrogens with one attached hydrogen (secondary N) is 2. The monoisotopic (exact) mass is 497 g/mol. The third-order valence-electron chi connectivity index (χ3n) is 7.62. The molecule has 37 heavy (non-hydrogen) atoms. The van der Waals surface area contributed by atoms with Gasteiger partial charge in [-0.05, 0) is 60.6 Å². The Bertz CT molecular complexity index is 1470. The Labute approximate surface area is 212 Å². The van der Waals surface area contributed by atoms with Crippen LogP contribution < -0.4 is 11.1 Å². The average Bonchev–Trinajstić information content (AvgIpc) is 3.27. The van der Waals surface area contributed by atoms with E-state index in [9.17, 15) is 14.4 Å². The summed E-state index contributed by atoms with van der Waals surface area (Å²) >= 11 is 0. The van der Waals surface area contributed by atoms with Gasteiger partial charge in [-0.1, -0.05) is 18.2 Å². The number of primary amides is 1. The lowest BCUT2D eigenvalue weighted by molar-refractivity contribution is -0.129. The molecule has 2 aliphatic rings. The zero-order valence-electron chi connectivity index (χ0n) is 20.1. The SMILES string of the molecule is NC(=O)C(Cc1c[nH]c2ccccc12)NC(=O)[C@H]1CC2(CC2)CN1C(=O)c1ccc(-n2cnnc2)cc1. The van der Waals surface area contributed by atoms with Gasteiger partial charge in [-0.25, -0.2) is 0 Å². The first-order valence-electron chi connectivity index (χ1n) is 12.3. The zero-order valence-corrected chi connectivity index (χ0v) is 20.1. The van der Waals surface area contributed by atoms with Crippen LogP contribution in [0.25, 0.3) is 16.6 Å². The van der Waals surface area contributed by atoms with E-state index in [1.807, 2.05) is 42.6 Å². The van der Waals surface area contributed by atoms with Crippen molar-refractivity contribution in [1.29, 1.82) is 0 Å². The standard InChI is InChI=1S/C27H27N7O3/c28-24(35)22(11-18-13-29-21-4-2-1-3-20(18)21)32-25(36)23-12-27(9-10-27)14-34(23)26(37)17-5-7-19(8-6-17)33-15-30-31-16-33/h1-8,13,15-16,22-23,29H,9-12,14H2,(H2,28,35)(H,32,36)/t22?,23-/m1/s1. The van der Waals surface area contributed by atoms with Gasteiger partial charge in [0.2, 0.25) is 11.8 Å². The second-order valence-electron chi connectivity index (χ2n) is 10.1. The number of rotatable bonds is 7. The maximum Gasteiger partial charge on any atom is 0.254 e. The van der Waals surface area contributed by atoms with Crippen LogP contribution in [0.3, 0.4) is 0 Å². The number of hydrogen-bond donors (Lipinski definition) is 3. The molecule has 10 nitrogen and oxygen atoms in total. The zero-order chi connectivity index (χ0) is 25.6. The fourth-order valence-corrected chi connectivity index (χ4v) is 5.33. The van der Waals surface area contributed by atoms with Gasteiger partial charge in [-0.15, -0.1) is 10.2 Å². The first-order valence-corrected chi connectivity index (χ1v) is 12.3. The molecule has 2 fully saturated rings. The van der Waals surface area contributed by atoms with E-state index >= 15 is 0 Å². The Morgan fingerprint density at radius 3 is 2.51 bits per heavy atom. The highest BCUT2D eigenvalue weighted by molar-refractivity contribution is 5.99. The van der Waals surface area contributed by atoms with Crippen LogP contribution in [0, 0.1) is 5.41 Å². The lowest BCUT2D eigenvalue weighted by Crippen LogP contribution is -2.53. The molecule has 6 rings (SSSR count). The van der Waals surface area contributed by atoms with Crippen molar-refractivity contribution in [3.63, 3.8) is 0 Å². The number of aromatic nitrogens is 4. The molecule has 1 saturated carbocycles. The number of carbonyl (C=O) groups is 3. The molecule has 3 amide bonds. The van der Waals surface area contributed by atoms with Crippen LogP contribution in [0.5, 0.6) is 0 Å². The molecule has 1 aliphatic heterocycles. The van der Waals surface area contributed by atoms with Gasteiger partial charge in [0, 0.05) is 41.3 Å². The minimum atomic E-state index is -0.887. The molecule has 4 N–H and O–H groups in total. The number of hydrogen-bond acceptors (Lipinski definition) is 5. The van der Waals surface area contributed by atoms with Crippen LogP contribution in [0.1, 0.15) is 35.2 Å². The van der Waals surface area contributed by atoms with Crippen molar-refractivity contribution in [2.24, 2.45) is 11.1 Å². The molecule has 2 aromatic carbocycles. The van der Waals surface area contributed by atoms with Crippen molar-refractivity contribution in [1.82, 2.24) is 30.0 Å². The second-order valence-corrected chi connectivity index (χ2v) is 10.1. The van der Waals surface area contributed by atoms with E-state index in [1.165, 1.54) is 0 Å². The Morgan fingerprint density at radius 2 is 1.81 bits per heavy atom. The van der Waals surface area contributed by atoms with Gasteiger partial charge in [-0.2, -0.15) is 0 Å². The predicted octanol–water partition coefficient (Wildman–Crippen LogP) is 1.96. The Hall–Kier alpha value is -4.47. The van der Waals surface area contributed by atoms with Gasteiger partial charge in [0.05, 0.1) is 0 Å². The third-order valence-corrected chi connectivity index (χ3v) is 7.62. The summed E-state index contributed by atoms with van der Waals surface area (Å²) in [4.78, 5) is 44.2. The number of amides is 3. The molecule has 2 atom stereocenters. The molecule has 1 spiro atoms. The summed E-state index contributed by atoms with van der Waals surface area (Å²) in [6.07, 6.45) is 7.83. The van der Waals surface area contributed by atoms with Gasteiger partial charge < -0.3 is 20.9 Å². The van der Waals surface area contributed by atoms with Gasteiger partial charge >= 0.3 is 0 Å². The Morgan fingerprint density at radius 1 is 1.08 bits per heavy atom. The van der Waals surface area contributed by atoms with E-state index in [1.54, 1.807) is 34.3 Å². The smallest absolute Gasteiger partial charge is 0.254 e. The number of aromatic amines is 1. The molecule has 1 aliphatic carbocycles. The van der Waals surface area contributed by atoms with Crippen molar-refractivity contribution in [3.05, 3.63) is 78.5 Å². The average molecular weight is 498 g/mol. The number of H-pyrrole nitrogens is 1. The van der Waals surface area contributed by atoms with Crippen LogP contribution in [0.2, 0.25) is 0 Å². The molecule has 10 heteroatoms. The topological polar surface area (TPSA) is 139 Å². The maximum absolute atomic E-state index is 13.5. The first-order chi connectivity index (χ1) is 17.9. The van der Waals surface area contributed by atoms with E-state index in [0.717, 1.165) is 35.0 Å². The summed E-state index contributed by atoms with van der Waals surface area (Å²) in [6.45, 7) is 0.529. The van der Waals surface area contributed by atoms with Gasteiger partial charge in [0.1, 0.15) is 24.7 Å². The third kappa shape index (κ3) is 4.35. The fourth-order valence-electron chi connectivity index (χ4n) is 5.33. The lowest BCUT2D eigenvalue weighted by Gasteiger charge is -2.26. The van der Waals surface area contributed by atoms with E-state index in [0.29, 0.717) is 18.5 Å². The van der Waals surface area contributed by atoms with E-state index in [2.05, 4.69) is 20.5 Å². The van der Waals surface area contributed by atoms with Crippen LogP contribution in [0.15, 0.2) is 67.4 Å². The number of nitrogens with zero attached hydrogens (tertiary/aromatic N) is 4. The molecule has 188 valence electrons.